The van der Waals surface area contributed by atoms with Crippen molar-refractivity contribution in [3.05, 3.63) is 97.1 Å². The van der Waals surface area contributed by atoms with E-state index >= 15 is 0 Å². The second kappa shape index (κ2) is 9.87. The Morgan fingerprint density at radius 2 is 0.675 bits per heavy atom. The highest BCUT2D eigenvalue weighted by Crippen LogP contribution is 2.85. The molecule has 16 heteroatoms. The lowest BCUT2D eigenvalue weighted by molar-refractivity contribution is 0.470. The molecule has 0 saturated carbocycles. The Labute approximate surface area is 249 Å². The van der Waals surface area contributed by atoms with Gasteiger partial charge in [-0.1, -0.05) is 77.3 Å². The fraction of sp³-hybridized carbons (Fsp3) is 0. The average Bonchev–Trinajstić information content (AvgIpc) is 3.10. The van der Waals surface area contributed by atoms with E-state index in [1.165, 1.54) is 0 Å². The van der Waals surface area contributed by atoms with Crippen molar-refractivity contribution in [2.45, 2.75) is 0 Å². The average molecular weight is 690 g/mol. The van der Waals surface area contributed by atoms with Crippen LogP contribution < -0.4 is 18.1 Å². The maximum absolute atomic E-state index is 6.67. The summed E-state index contributed by atoms with van der Waals surface area (Å²) in [5, 5.41) is 0. The molecule has 3 aliphatic heterocycles. The lowest BCUT2D eigenvalue weighted by atomic mass is 10.0. The summed E-state index contributed by atoms with van der Waals surface area (Å²) in [7, 11) is -7.74. The van der Waals surface area contributed by atoms with Gasteiger partial charge >= 0.3 is 15.3 Å². The topological polar surface area (TPSA) is 86.4 Å². The van der Waals surface area contributed by atoms with E-state index in [2.05, 4.69) is 13.5 Å². The van der Waals surface area contributed by atoms with Gasteiger partial charge < -0.3 is 18.1 Å². The van der Waals surface area contributed by atoms with Crippen molar-refractivity contribution in [2.24, 2.45) is 18.1 Å². The molecule has 2 spiro atoms. The first-order valence-corrected chi connectivity index (χ1v) is 21.7. The first-order chi connectivity index (χ1) is 19.1. The molecule has 4 aromatic carbocycles. The quantitative estimate of drug-likeness (QED) is 0.172. The van der Waals surface area contributed by atoms with Gasteiger partial charge in [-0.3, -0.25) is 0 Å². The summed E-state index contributed by atoms with van der Waals surface area (Å²) >= 11 is 26.7. The van der Waals surface area contributed by atoms with Crippen LogP contribution in [0.3, 0.4) is 0 Å². The summed E-state index contributed by atoms with van der Waals surface area (Å²) in [5.74, 6) is -5.43. The fourth-order valence-corrected chi connectivity index (χ4v) is 21.4. The largest absolute Gasteiger partial charge is 0.457 e. The summed E-state index contributed by atoms with van der Waals surface area (Å²) in [5.41, 5.74) is 3.08. The van der Waals surface area contributed by atoms with E-state index < -0.39 is 27.1 Å². The number of hydrogen-bond acceptors (Lipinski definition) is 8. The number of nitrogens with zero attached hydrogens (tertiary/aromatic N) is 4. The van der Waals surface area contributed by atoms with Crippen molar-refractivity contribution < 1.29 is 18.1 Å². The molecule has 0 atom stereocenters. The van der Waals surface area contributed by atoms with E-state index in [1.807, 2.05) is 72.8 Å². The smallest absolute Gasteiger partial charge is 0.413 e. The van der Waals surface area contributed by atoms with Gasteiger partial charge in [0.15, 0.2) is 0 Å². The van der Waals surface area contributed by atoms with Gasteiger partial charge in [0.25, 0.3) is 11.8 Å². The van der Waals surface area contributed by atoms with Crippen molar-refractivity contribution in [3.8, 4) is 45.3 Å². The molecule has 8 nitrogen and oxygen atoms in total. The van der Waals surface area contributed by atoms with Crippen molar-refractivity contribution in [1.29, 1.82) is 0 Å². The van der Waals surface area contributed by atoms with E-state index in [9.17, 15) is 0 Å². The lowest BCUT2D eigenvalue weighted by Crippen LogP contribution is -2.03. The molecule has 0 saturated heterocycles. The summed E-state index contributed by atoms with van der Waals surface area (Å²) in [4.78, 5) is 0. The van der Waals surface area contributed by atoms with Crippen LogP contribution in [0, 0.1) is 0 Å². The highest BCUT2D eigenvalue weighted by molar-refractivity contribution is 8.19. The van der Waals surface area contributed by atoms with E-state index in [4.69, 9.17) is 67.6 Å². The summed E-state index contributed by atoms with van der Waals surface area (Å²) in [6.45, 7) is 0. The predicted octanol–water partition coefficient (Wildman–Crippen LogP) is 13.0. The Kier molecular flexibility index (Phi) is 6.67. The minimum atomic E-state index is -3.87. The Morgan fingerprint density at radius 3 is 1.05 bits per heavy atom. The molecule has 204 valence electrons. The zero-order chi connectivity index (χ0) is 27.6. The first-order valence-electron chi connectivity index (χ1n) is 11.6. The van der Waals surface area contributed by atoms with Gasteiger partial charge in [-0.25, -0.2) is 0 Å². The summed E-state index contributed by atoms with van der Waals surface area (Å²) in [6, 6.07) is 29.7. The molecule has 40 heavy (non-hydrogen) atoms. The van der Waals surface area contributed by atoms with Gasteiger partial charge in [0.1, 0.15) is 23.0 Å². The van der Waals surface area contributed by atoms with Crippen molar-refractivity contribution in [1.82, 2.24) is 0 Å². The Hall–Kier alpha value is -1.84. The SMILES string of the molecule is ClP1(Cl)=NP(Cl)(Cl)=NP2(=NP3(=N1)Oc1ccccc1-c1ccccc1O3)Oc1ccccc1-c1ccccc1O2. The zero-order valence-corrected chi connectivity index (χ0v) is 26.6. The zero-order valence-electron chi connectivity index (χ0n) is 20.0. The molecule has 3 heterocycles. The molecule has 4 aromatic rings. The molecule has 0 aromatic heterocycles. The number of benzene rings is 4. The Bertz CT molecular complexity index is 1730. The predicted molar refractivity (Wildman–Crippen MR) is 167 cm³/mol. The van der Waals surface area contributed by atoms with E-state index in [1.54, 1.807) is 24.3 Å². The van der Waals surface area contributed by atoms with Gasteiger partial charge in [0.2, 0.25) is 0 Å². The minimum Gasteiger partial charge on any atom is -0.413 e. The highest BCUT2D eigenvalue weighted by Gasteiger charge is 2.45. The van der Waals surface area contributed by atoms with Gasteiger partial charge in [-0.05, 0) is 69.2 Å². The first kappa shape index (κ1) is 27.0. The summed E-state index contributed by atoms with van der Waals surface area (Å²) in [6.07, 6.45) is 0. The second-order valence-corrected chi connectivity index (χ2v) is 22.7. The maximum atomic E-state index is 6.67. The molecule has 0 bridgehead atoms. The number of rotatable bonds is 0. The monoisotopic (exact) mass is 688 g/mol. The molecule has 0 N–H and O–H groups in total. The number of hydrogen-bond donors (Lipinski definition) is 0. The molecule has 0 radical (unpaired) electrons. The molecule has 0 aliphatic carbocycles. The van der Waals surface area contributed by atoms with Gasteiger partial charge in [-0.15, -0.1) is 9.03 Å². The van der Waals surface area contributed by atoms with Gasteiger partial charge in [0, 0.05) is 22.3 Å². The van der Waals surface area contributed by atoms with Crippen LogP contribution in [0.5, 0.6) is 23.0 Å². The van der Waals surface area contributed by atoms with Crippen LogP contribution in [-0.2, 0) is 0 Å². The van der Waals surface area contributed by atoms with Crippen LogP contribution in [0.4, 0.5) is 0 Å². The number of fused-ring (bicyclic) bond motifs is 6. The van der Waals surface area contributed by atoms with Crippen molar-refractivity contribution in [3.63, 3.8) is 0 Å². The van der Waals surface area contributed by atoms with Crippen LogP contribution in [0.2, 0.25) is 0 Å². The normalized spacial score (nSPS) is 19.9. The minimum absolute atomic E-state index is 0.453. The fourth-order valence-electron chi connectivity index (χ4n) is 4.39. The Morgan fingerprint density at radius 1 is 0.375 bits per heavy atom. The summed E-state index contributed by atoms with van der Waals surface area (Å²) < 4.78 is 44.7. The molecule has 0 fully saturated rings. The third-order valence-corrected chi connectivity index (χ3v) is 19.5. The second-order valence-electron chi connectivity index (χ2n) is 8.60. The third-order valence-electron chi connectivity index (χ3n) is 5.88. The molecule has 7 rings (SSSR count). The molecule has 0 amide bonds. The third kappa shape index (κ3) is 5.04. The highest BCUT2D eigenvalue weighted by atomic mass is 35.9. The van der Waals surface area contributed by atoms with E-state index in [-0.39, 0.29) is 0 Å². The Balaban J connectivity index is 1.58. The lowest BCUT2D eigenvalue weighted by Gasteiger charge is -2.27. The van der Waals surface area contributed by atoms with E-state index in [0.29, 0.717) is 23.0 Å². The molecule has 0 unspecified atom stereocenters. The number of para-hydroxylation sites is 4. The van der Waals surface area contributed by atoms with Crippen molar-refractivity contribution >= 4 is 72.1 Å². The van der Waals surface area contributed by atoms with Crippen LogP contribution in [-0.4, -0.2) is 0 Å². The van der Waals surface area contributed by atoms with Crippen LogP contribution >= 0.6 is 72.1 Å². The van der Waals surface area contributed by atoms with Crippen LogP contribution in [0.15, 0.2) is 115 Å². The standard InChI is InChI=1S/C24H16Cl4N4O4P4/c25-37(26)29-38(27,28)31-40(35-23-15-7-3-11-19(23)20-12-4-8-16-24(20)36-40)32-39(30-37)33-21-13-5-1-9-17(21)18-10-2-6-14-22(18)34-39/h1-16H. The maximum Gasteiger partial charge on any atom is 0.457 e. The molecular formula is C24H16Cl4N4O4P4. The van der Waals surface area contributed by atoms with Crippen LogP contribution in [0.1, 0.15) is 0 Å². The molecular weight excluding hydrogens is 674 g/mol. The van der Waals surface area contributed by atoms with Crippen LogP contribution in [0.25, 0.3) is 22.3 Å². The number of halogens is 4. The van der Waals surface area contributed by atoms with Gasteiger partial charge in [0.05, 0.1) is 0 Å². The van der Waals surface area contributed by atoms with Gasteiger partial charge in [-0.2, -0.15) is 4.52 Å². The van der Waals surface area contributed by atoms with Crippen molar-refractivity contribution in [2.75, 3.05) is 0 Å². The molecule has 3 aliphatic rings. The van der Waals surface area contributed by atoms with E-state index in [0.717, 1.165) is 22.3 Å².